The highest BCUT2D eigenvalue weighted by atomic mass is 16.5. The summed E-state index contributed by atoms with van der Waals surface area (Å²) in [5.41, 5.74) is 2.69. The average molecular weight is 399 g/mol. The monoisotopic (exact) mass is 398 g/mol. The van der Waals surface area contributed by atoms with Crippen molar-refractivity contribution in [1.29, 1.82) is 0 Å². The Balaban J connectivity index is 1.68. The largest absolute Gasteiger partial charge is 0.356 e. The third-order valence-electron chi connectivity index (χ3n) is 5.95. The molecule has 0 aliphatic carbocycles. The van der Waals surface area contributed by atoms with Crippen LogP contribution in [0, 0.1) is 6.92 Å². The Morgan fingerprint density at radius 1 is 1.24 bits per heavy atom. The van der Waals surface area contributed by atoms with Crippen LogP contribution >= 0.6 is 0 Å². The number of piperazine rings is 1. The van der Waals surface area contributed by atoms with E-state index in [2.05, 4.69) is 27.0 Å². The summed E-state index contributed by atoms with van der Waals surface area (Å²) in [4.78, 5) is 28.5. The summed E-state index contributed by atoms with van der Waals surface area (Å²) in [6, 6.07) is 1.93. The lowest BCUT2D eigenvalue weighted by Crippen LogP contribution is -2.45. The molecule has 2 aromatic rings. The molecule has 0 bridgehead atoms. The van der Waals surface area contributed by atoms with Crippen molar-refractivity contribution in [1.82, 2.24) is 24.9 Å². The Hall–Kier alpha value is -2.48. The Morgan fingerprint density at radius 2 is 2.03 bits per heavy atom. The van der Waals surface area contributed by atoms with Gasteiger partial charge in [0.2, 0.25) is 11.9 Å². The van der Waals surface area contributed by atoms with Crippen LogP contribution in [0.1, 0.15) is 43.5 Å². The van der Waals surface area contributed by atoms with Crippen LogP contribution < -0.4 is 4.90 Å². The van der Waals surface area contributed by atoms with Gasteiger partial charge in [-0.05, 0) is 26.8 Å². The number of hydrogen-bond acceptors (Lipinski definition) is 7. The van der Waals surface area contributed by atoms with Gasteiger partial charge in [-0.3, -0.25) is 4.79 Å². The third kappa shape index (κ3) is 4.27. The number of rotatable bonds is 4. The molecule has 8 heteroatoms. The number of anilines is 1. The van der Waals surface area contributed by atoms with E-state index in [-0.39, 0.29) is 11.8 Å². The third-order valence-corrected chi connectivity index (χ3v) is 5.95. The average Bonchev–Trinajstić information content (AvgIpc) is 3.19. The maximum Gasteiger partial charge on any atom is 0.225 e. The minimum atomic E-state index is 0.175. The van der Waals surface area contributed by atoms with Crippen molar-refractivity contribution in [3.63, 3.8) is 0 Å². The van der Waals surface area contributed by atoms with Crippen molar-refractivity contribution < 1.29 is 9.32 Å². The molecule has 2 fully saturated rings. The van der Waals surface area contributed by atoms with Crippen LogP contribution in [-0.4, -0.2) is 77.1 Å². The molecule has 156 valence electrons. The molecule has 0 N–H and O–H groups in total. The molecule has 2 aromatic heterocycles. The normalized spacial score (nSPS) is 20.9. The van der Waals surface area contributed by atoms with E-state index in [0.29, 0.717) is 18.7 Å². The van der Waals surface area contributed by atoms with Gasteiger partial charge in [-0.2, -0.15) is 0 Å². The first-order valence-corrected chi connectivity index (χ1v) is 10.6. The van der Waals surface area contributed by atoms with Crippen molar-refractivity contribution >= 4 is 11.9 Å². The van der Waals surface area contributed by atoms with Gasteiger partial charge in [0, 0.05) is 63.9 Å². The van der Waals surface area contributed by atoms with Crippen LogP contribution in [-0.2, 0) is 4.79 Å². The van der Waals surface area contributed by atoms with Crippen molar-refractivity contribution in [2.24, 2.45) is 0 Å². The number of nitrogens with zero attached hydrogens (tertiary/aromatic N) is 6. The van der Waals surface area contributed by atoms with Crippen LogP contribution in [0.4, 0.5) is 5.95 Å². The molecule has 1 amide bonds. The van der Waals surface area contributed by atoms with Gasteiger partial charge in [-0.1, -0.05) is 12.1 Å². The van der Waals surface area contributed by atoms with Gasteiger partial charge in [0.15, 0.2) is 5.76 Å². The lowest BCUT2D eigenvalue weighted by atomic mass is 9.91. The number of carbonyl (C=O) groups excluding carboxylic acids is 1. The zero-order valence-corrected chi connectivity index (χ0v) is 17.6. The van der Waals surface area contributed by atoms with E-state index in [9.17, 15) is 4.79 Å². The Labute approximate surface area is 171 Å². The maximum absolute atomic E-state index is 12.3. The summed E-state index contributed by atoms with van der Waals surface area (Å²) in [6.07, 6.45) is 4.40. The standard InChI is InChI=1S/C21H30N6O2/c1-4-19(28)27-7-5-6-16(14-27)20-17(18-12-15(2)24-29-18)13-22-21(23-20)26-10-8-25(3)9-11-26/h12-13,16H,4-11,14H2,1-3H3/t16-/m1/s1. The summed E-state index contributed by atoms with van der Waals surface area (Å²) in [7, 11) is 2.14. The van der Waals surface area contributed by atoms with Crippen molar-refractivity contribution in [2.45, 2.75) is 39.0 Å². The zero-order valence-electron chi connectivity index (χ0n) is 17.6. The molecule has 8 nitrogen and oxygen atoms in total. The highest BCUT2D eigenvalue weighted by molar-refractivity contribution is 5.76. The van der Waals surface area contributed by atoms with Gasteiger partial charge in [0.05, 0.1) is 17.0 Å². The van der Waals surface area contributed by atoms with E-state index in [1.165, 1.54) is 0 Å². The van der Waals surface area contributed by atoms with Crippen LogP contribution in [0.2, 0.25) is 0 Å². The predicted molar refractivity (Wildman–Crippen MR) is 111 cm³/mol. The highest BCUT2D eigenvalue weighted by Gasteiger charge is 2.29. The van der Waals surface area contributed by atoms with Gasteiger partial charge in [-0.25, -0.2) is 9.97 Å². The number of aryl methyl sites for hydroxylation is 1. The first-order valence-electron chi connectivity index (χ1n) is 10.6. The van der Waals surface area contributed by atoms with Gasteiger partial charge >= 0.3 is 0 Å². The van der Waals surface area contributed by atoms with Gasteiger partial charge in [0.1, 0.15) is 0 Å². The van der Waals surface area contributed by atoms with Crippen molar-refractivity contribution in [3.8, 4) is 11.3 Å². The van der Waals surface area contributed by atoms with Crippen LogP contribution in [0.25, 0.3) is 11.3 Å². The smallest absolute Gasteiger partial charge is 0.225 e. The molecule has 0 aromatic carbocycles. The van der Waals surface area contributed by atoms with Crippen molar-refractivity contribution in [2.75, 3.05) is 51.2 Å². The molecule has 0 spiro atoms. The summed E-state index contributed by atoms with van der Waals surface area (Å²) in [5, 5.41) is 4.05. The molecule has 29 heavy (non-hydrogen) atoms. The van der Waals surface area contributed by atoms with E-state index in [0.717, 1.165) is 68.5 Å². The number of amides is 1. The molecule has 2 aliphatic rings. The number of hydrogen-bond donors (Lipinski definition) is 0. The second kappa shape index (κ2) is 8.49. The van der Waals surface area contributed by atoms with Crippen LogP contribution in [0.5, 0.6) is 0 Å². The quantitative estimate of drug-likeness (QED) is 0.782. The van der Waals surface area contributed by atoms with E-state index < -0.39 is 0 Å². The van der Waals surface area contributed by atoms with Gasteiger partial charge < -0.3 is 19.2 Å². The van der Waals surface area contributed by atoms with Crippen LogP contribution in [0.3, 0.4) is 0 Å². The Kier molecular flexibility index (Phi) is 5.80. The molecule has 4 heterocycles. The fourth-order valence-electron chi connectivity index (χ4n) is 4.19. The van der Waals surface area contributed by atoms with Crippen molar-refractivity contribution in [3.05, 3.63) is 23.7 Å². The predicted octanol–water partition coefficient (Wildman–Crippen LogP) is 2.31. The van der Waals surface area contributed by atoms with Gasteiger partial charge in [0.25, 0.3) is 0 Å². The number of likely N-dealkylation sites (N-methyl/N-ethyl adjacent to an activating group) is 1. The number of aromatic nitrogens is 3. The minimum absolute atomic E-state index is 0.175. The SMILES string of the molecule is CCC(=O)N1CCC[C@@H](c2nc(N3CCN(C)CC3)ncc2-c2cc(C)no2)C1. The summed E-state index contributed by atoms with van der Waals surface area (Å²) in [6.45, 7) is 9.21. The lowest BCUT2D eigenvalue weighted by Gasteiger charge is -2.35. The van der Waals surface area contributed by atoms with E-state index in [4.69, 9.17) is 9.51 Å². The van der Waals surface area contributed by atoms with Crippen LogP contribution in [0.15, 0.2) is 16.8 Å². The second-order valence-corrected chi connectivity index (χ2v) is 8.12. The first-order chi connectivity index (χ1) is 14.0. The molecule has 0 radical (unpaired) electrons. The first kappa shape index (κ1) is 19.8. The number of piperidine rings is 1. The molecular formula is C21H30N6O2. The summed E-state index contributed by atoms with van der Waals surface area (Å²) >= 11 is 0. The zero-order chi connectivity index (χ0) is 20.4. The van der Waals surface area contributed by atoms with E-state index >= 15 is 0 Å². The van der Waals surface area contributed by atoms with E-state index in [1.54, 1.807) is 0 Å². The fraction of sp³-hybridized carbons (Fsp3) is 0.619. The molecule has 2 aliphatic heterocycles. The fourth-order valence-corrected chi connectivity index (χ4v) is 4.19. The topological polar surface area (TPSA) is 78.6 Å². The lowest BCUT2D eigenvalue weighted by molar-refractivity contribution is -0.132. The molecular weight excluding hydrogens is 368 g/mol. The number of carbonyl (C=O) groups is 1. The van der Waals surface area contributed by atoms with E-state index in [1.807, 2.05) is 31.0 Å². The summed E-state index contributed by atoms with van der Waals surface area (Å²) < 4.78 is 5.55. The minimum Gasteiger partial charge on any atom is -0.356 e. The molecule has 0 unspecified atom stereocenters. The summed E-state index contributed by atoms with van der Waals surface area (Å²) in [5.74, 6) is 1.85. The molecule has 0 saturated carbocycles. The Bertz CT molecular complexity index is 859. The molecule has 4 rings (SSSR count). The maximum atomic E-state index is 12.3. The molecule has 1 atom stereocenters. The molecule has 2 saturated heterocycles. The number of likely N-dealkylation sites (tertiary alicyclic amines) is 1. The highest BCUT2D eigenvalue weighted by Crippen LogP contribution is 2.34. The Morgan fingerprint density at radius 3 is 2.72 bits per heavy atom. The second-order valence-electron chi connectivity index (χ2n) is 8.12. The van der Waals surface area contributed by atoms with Gasteiger partial charge in [-0.15, -0.1) is 0 Å².